The highest BCUT2D eigenvalue weighted by molar-refractivity contribution is 7.80. The van der Waals surface area contributed by atoms with E-state index in [0.29, 0.717) is 6.04 Å². The third-order valence-corrected chi connectivity index (χ3v) is 4.11. The molecule has 1 saturated carbocycles. The summed E-state index contributed by atoms with van der Waals surface area (Å²) < 4.78 is 0. The van der Waals surface area contributed by atoms with Crippen LogP contribution in [0.4, 0.5) is 0 Å². The predicted octanol–water partition coefficient (Wildman–Crippen LogP) is 1.88. The van der Waals surface area contributed by atoms with Gasteiger partial charge in [-0.15, -0.1) is 0 Å². The molecule has 1 heterocycles. The normalized spacial score (nSPS) is 22.6. The third-order valence-electron chi connectivity index (χ3n) is 3.85. The second kappa shape index (κ2) is 7.17. The van der Waals surface area contributed by atoms with E-state index in [-0.39, 0.29) is 0 Å². The Morgan fingerprint density at radius 2 is 1.76 bits per heavy atom. The zero-order chi connectivity index (χ0) is 11.9. The molecule has 1 aliphatic heterocycles. The highest BCUT2D eigenvalue weighted by Gasteiger charge is 2.14. The molecule has 0 aromatic carbocycles. The van der Waals surface area contributed by atoms with Crippen LogP contribution in [0.2, 0.25) is 0 Å². The molecule has 0 radical (unpaired) electrons. The number of nitrogens with zero attached hydrogens (tertiary/aromatic N) is 1. The maximum Gasteiger partial charge on any atom is 0.166 e. The van der Waals surface area contributed by atoms with Gasteiger partial charge in [-0.2, -0.15) is 0 Å². The minimum atomic E-state index is 0.621. The Bertz CT molecular complexity index is 233. The van der Waals surface area contributed by atoms with Crippen LogP contribution in [0.1, 0.15) is 44.9 Å². The number of nitrogens with one attached hydrogen (secondary N) is 2. The molecule has 0 aromatic heterocycles. The zero-order valence-corrected chi connectivity index (χ0v) is 11.5. The molecule has 0 spiro atoms. The van der Waals surface area contributed by atoms with Gasteiger partial charge in [0.2, 0.25) is 0 Å². The van der Waals surface area contributed by atoms with Crippen molar-refractivity contribution in [3.05, 3.63) is 0 Å². The lowest BCUT2D eigenvalue weighted by molar-refractivity contribution is 0.342. The fourth-order valence-electron chi connectivity index (χ4n) is 2.82. The summed E-state index contributed by atoms with van der Waals surface area (Å²) in [6.45, 7) is 4.65. The second-order valence-corrected chi connectivity index (χ2v) is 5.69. The molecular weight excluding hydrogens is 230 g/mol. The monoisotopic (exact) mass is 255 g/mol. The molecule has 0 unspecified atom stereocenters. The van der Waals surface area contributed by atoms with Gasteiger partial charge in [0.1, 0.15) is 0 Å². The molecule has 0 atom stereocenters. The average Bonchev–Trinajstić information content (AvgIpc) is 2.83. The first-order valence-electron chi connectivity index (χ1n) is 7.11. The van der Waals surface area contributed by atoms with Crippen molar-refractivity contribution in [3.8, 4) is 0 Å². The molecule has 3 nitrogen and oxygen atoms in total. The lowest BCUT2D eigenvalue weighted by Gasteiger charge is -2.24. The molecule has 2 N–H and O–H groups in total. The van der Waals surface area contributed by atoms with Crippen LogP contribution in [0.3, 0.4) is 0 Å². The van der Waals surface area contributed by atoms with Crippen molar-refractivity contribution >= 4 is 17.3 Å². The van der Waals surface area contributed by atoms with E-state index in [1.165, 1.54) is 58.0 Å². The van der Waals surface area contributed by atoms with E-state index in [9.17, 15) is 0 Å². The van der Waals surface area contributed by atoms with Crippen molar-refractivity contribution < 1.29 is 0 Å². The van der Waals surface area contributed by atoms with E-state index < -0.39 is 0 Å². The Morgan fingerprint density at radius 3 is 2.47 bits per heavy atom. The Hall–Kier alpha value is -0.350. The standard InChI is InChI=1S/C13H25N3S/c17-13(15-12-6-2-1-3-7-12)14-8-11-16-9-4-5-10-16/h12H,1-11H2,(H2,14,15,17). The van der Waals surface area contributed by atoms with Crippen LogP contribution in [0.25, 0.3) is 0 Å². The van der Waals surface area contributed by atoms with Crippen molar-refractivity contribution in [1.29, 1.82) is 0 Å². The number of thiocarbonyl (C=S) groups is 1. The van der Waals surface area contributed by atoms with Crippen LogP contribution >= 0.6 is 12.2 Å². The van der Waals surface area contributed by atoms with Crippen LogP contribution in [-0.4, -0.2) is 42.2 Å². The SMILES string of the molecule is S=C(NCCN1CCCC1)NC1CCCCC1. The van der Waals surface area contributed by atoms with Crippen LogP contribution < -0.4 is 10.6 Å². The van der Waals surface area contributed by atoms with Gasteiger partial charge in [-0.3, -0.25) is 0 Å². The van der Waals surface area contributed by atoms with Gasteiger partial charge < -0.3 is 15.5 Å². The summed E-state index contributed by atoms with van der Waals surface area (Å²) in [6, 6.07) is 0.621. The highest BCUT2D eigenvalue weighted by Crippen LogP contribution is 2.17. The summed E-state index contributed by atoms with van der Waals surface area (Å²) in [4.78, 5) is 2.51. The molecule has 17 heavy (non-hydrogen) atoms. The van der Waals surface area contributed by atoms with Gasteiger partial charge in [-0.05, 0) is 51.0 Å². The highest BCUT2D eigenvalue weighted by atomic mass is 32.1. The van der Waals surface area contributed by atoms with Crippen LogP contribution in [0, 0.1) is 0 Å². The van der Waals surface area contributed by atoms with Gasteiger partial charge in [-0.1, -0.05) is 19.3 Å². The first kappa shape index (κ1) is 13.1. The second-order valence-electron chi connectivity index (χ2n) is 5.28. The lowest BCUT2D eigenvalue weighted by Crippen LogP contribution is -2.44. The maximum atomic E-state index is 5.33. The van der Waals surface area contributed by atoms with Crippen molar-refractivity contribution in [1.82, 2.24) is 15.5 Å². The van der Waals surface area contributed by atoms with E-state index in [2.05, 4.69) is 15.5 Å². The van der Waals surface area contributed by atoms with E-state index in [1.807, 2.05) is 0 Å². The zero-order valence-electron chi connectivity index (χ0n) is 10.7. The fraction of sp³-hybridized carbons (Fsp3) is 0.923. The summed E-state index contributed by atoms with van der Waals surface area (Å²) in [5.41, 5.74) is 0. The molecule has 0 aromatic rings. The minimum Gasteiger partial charge on any atom is -0.361 e. The van der Waals surface area contributed by atoms with Gasteiger partial charge in [0, 0.05) is 19.1 Å². The molecule has 98 valence electrons. The van der Waals surface area contributed by atoms with Crippen molar-refractivity contribution in [2.24, 2.45) is 0 Å². The maximum absolute atomic E-state index is 5.33. The van der Waals surface area contributed by atoms with Crippen LogP contribution in [-0.2, 0) is 0 Å². The predicted molar refractivity (Wildman–Crippen MR) is 76.3 cm³/mol. The summed E-state index contributed by atoms with van der Waals surface area (Å²) in [7, 11) is 0. The molecule has 1 aliphatic carbocycles. The number of likely N-dealkylation sites (tertiary alicyclic amines) is 1. The Balaban J connectivity index is 1.53. The summed E-state index contributed by atoms with van der Waals surface area (Å²) in [5.74, 6) is 0. The molecule has 0 amide bonds. The molecule has 0 bridgehead atoms. The van der Waals surface area contributed by atoms with E-state index in [1.54, 1.807) is 0 Å². The first-order valence-corrected chi connectivity index (χ1v) is 7.52. The van der Waals surface area contributed by atoms with Gasteiger partial charge in [0.05, 0.1) is 0 Å². The third kappa shape index (κ3) is 4.80. The van der Waals surface area contributed by atoms with Gasteiger partial charge in [0.25, 0.3) is 0 Å². The van der Waals surface area contributed by atoms with Crippen molar-refractivity contribution in [2.45, 2.75) is 51.0 Å². The fourth-order valence-corrected chi connectivity index (χ4v) is 3.09. The number of hydrogen-bond donors (Lipinski definition) is 2. The molecule has 1 saturated heterocycles. The van der Waals surface area contributed by atoms with Crippen molar-refractivity contribution in [2.75, 3.05) is 26.2 Å². The van der Waals surface area contributed by atoms with Gasteiger partial charge in [-0.25, -0.2) is 0 Å². The summed E-state index contributed by atoms with van der Waals surface area (Å²) in [6.07, 6.45) is 9.41. The minimum absolute atomic E-state index is 0.621. The quantitative estimate of drug-likeness (QED) is 0.750. The molecule has 2 rings (SSSR count). The number of rotatable bonds is 4. The number of hydrogen-bond acceptors (Lipinski definition) is 2. The molecule has 4 heteroatoms. The van der Waals surface area contributed by atoms with E-state index >= 15 is 0 Å². The molecule has 2 aliphatic rings. The van der Waals surface area contributed by atoms with Crippen molar-refractivity contribution in [3.63, 3.8) is 0 Å². The molecule has 2 fully saturated rings. The van der Waals surface area contributed by atoms with Crippen LogP contribution in [0.15, 0.2) is 0 Å². The Labute approximate surface area is 110 Å². The van der Waals surface area contributed by atoms with Crippen LogP contribution in [0.5, 0.6) is 0 Å². The van der Waals surface area contributed by atoms with E-state index in [0.717, 1.165) is 18.2 Å². The summed E-state index contributed by atoms with van der Waals surface area (Å²) in [5, 5.41) is 7.64. The lowest BCUT2D eigenvalue weighted by atomic mass is 9.96. The van der Waals surface area contributed by atoms with Gasteiger partial charge in [0.15, 0.2) is 5.11 Å². The molecular formula is C13H25N3S. The average molecular weight is 255 g/mol. The van der Waals surface area contributed by atoms with E-state index in [4.69, 9.17) is 12.2 Å². The Kier molecular flexibility index (Phi) is 5.52. The summed E-state index contributed by atoms with van der Waals surface area (Å²) >= 11 is 5.33. The Morgan fingerprint density at radius 1 is 1.06 bits per heavy atom. The smallest absolute Gasteiger partial charge is 0.166 e. The van der Waals surface area contributed by atoms with Gasteiger partial charge >= 0.3 is 0 Å². The largest absolute Gasteiger partial charge is 0.361 e. The topological polar surface area (TPSA) is 27.3 Å². The first-order chi connectivity index (χ1) is 8.34.